The zero-order valence-corrected chi connectivity index (χ0v) is 15.1. The summed E-state index contributed by atoms with van der Waals surface area (Å²) in [6.45, 7) is 3.41. The highest BCUT2D eigenvalue weighted by Crippen LogP contribution is 2.19. The molecule has 0 atom stereocenters. The number of nitriles is 1. The first-order chi connectivity index (χ1) is 12.4. The molecule has 0 aliphatic heterocycles. The zero-order valence-electron chi connectivity index (χ0n) is 14.3. The number of anilines is 1. The number of benzene rings is 2. The molecule has 0 bridgehead atoms. The summed E-state index contributed by atoms with van der Waals surface area (Å²) in [6.07, 6.45) is 1.09. The quantitative estimate of drug-likeness (QED) is 0.480. The molecule has 0 unspecified atom stereocenters. The molecule has 2 aromatic carbocycles. The van der Waals surface area contributed by atoms with Gasteiger partial charge in [0.05, 0.1) is 16.7 Å². The molecule has 0 aliphatic carbocycles. The SMILES string of the molecule is CC(C)OC(=O)/C(C#N)=C/c1cccc(NC(=O)c2ccccc2Cl)c1. The van der Waals surface area contributed by atoms with Crippen molar-refractivity contribution in [2.24, 2.45) is 0 Å². The molecule has 0 saturated heterocycles. The van der Waals surface area contributed by atoms with Crippen LogP contribution in [0.4, 0.5) is 5.69 Å². The number of hydrogen-bond acceptors (Lipinski definition) is 4. The Labute approximate surface area is 156 Å². The minimum Gasteiger partial charge on any atom is -0.459 e. The Morgan fingerprint density at radius 2 is 1.92 bits per heavy atom. The lowest BCUT2D eigenvalue weighted by Crippen LogP contribution is -2.13. The number of nitrogens with zero attached hydrogens (tertiary/aromatic N) is 1. The number of ether oxygens (including phenoxy) is 1. The summed E-state index contributed by atoms with van der Waals surface area (Å²) in [5, 5.41) is 12.3. The molecule has 0 fully saturated rings. The van der Waals surface area contributed by atoms with Crippen LogP contribution in [0.5, 0.6) is 0 Å². The van der Waals surface area contributed by atoms with E-state index in [-0.39, 0.29) is 17.6 Å². The van der Waals surface area contributed by atoms with E-state index in [4.69, 9.17) is 21.6 Å². The van der Waals surface area contributed by atoms with Gasteiger partial charge in [-0.3, -0.25) is 4.79 Å². The third-order valence-electron chi connectivity index (χ3n) is 3.26. The molecule has 0 aliphatic rings. The van der Waals surface area contributed by atoms with Crippen LogP contribution >= 0.6 is 11.6 Å². The van der Waals surface area contributed by atoms with Gasteiger partial charge in [0.15, 0.2) is 0 Å². The Kier molecular flexibility index (Phi) is 6.54. The first kappa shape index (κ1) is 19.2. The van der Waals surface area contributed by atoms with Gasteiger partial charge in [0.2, 0.25) is 0 Å². The van der Waals surface area contributed by atoms with E-state index >= 15 is 0 Å². The van der Waals surface area contributed by atoms with Crippen LogP contribution in [0.1, 0.15) is 29.8 Å². The number of rotatable bonds is 5. The molecule has 1 amide bonds. The monoisotopic (exact) mass is 368 g/mol. The van der Waals surface area contributed by atoms with Crippen molar-refractivity contribution in [2.75, 3.05) is 5.32 Å². The number of amides is 1. The molecule has 0 aromatic heterocycles. The van der Waals surface area contributed by atoms with Crippen LogP contribution in [0.2, 0.25) is 5.02 Å². The van der Waals surface area contributed by atoms with Gasteiger partial charge in [0.1, 0.15) is 11.6 Å². The van der Waals surface area contributed by atoms with E-state index in [0.717, 1.165) is 0 Å². The van der Waals surface area contributed by atoms with Gasteiger partial charge in [-0.05, 0) is 49.8 Å². The number of halogens is 1. The molecule has 132 valence electrons. The molecular formula is C20H17ClN2O3. The first-order valence-electron chi connectivity index (χ1n) is 7.89. The second-order valence-corrected chi connectivity index (χ2v) is 6.09. The van der Waals surface area contributed by atoms with E-state index in [1.165, 1.54) is 6.08 Å². The maximum absolute atomic E-state index is 12.3. The Morgan fingerprint density at radius 3 is 2.58 bits per heavy atom. The lowest BCUT2D eigenvalue weighted by molar-refractivity contribution is -0.142. The third-order valence-corrected chi connectivity index (χ3v) is 3.59. The van der Waals surface area contributed by atoms with E-state index in [1.807, 2.05) is 6.07 Å². The van der Waals surface area contributed by atoms with Crippen molar-refractivity contribution in [1.29, 1.82) is 5.26 Å². The molecule has 0 heterocycles. The molecule has 0 radical (unpaired) electrons. The van der Waals surface area contributed by atoms with E-state index in [9.17, 15) is 9.59 Å². The normalized spacial score (nSPS) is 11.0. The summed E-state index contributed by atoms with van der Waals surface area (Å²) in [7, 11) is 0. The van der Waals surface area contributed by atoms with E-state index in [0.29, 0.717) is 21.8 Å². The van der Waals surface area contributed by atoms with E-state index in [1.54, 1.807) is 62.4 Å². The number of carbonyl (C=O) groups excluding carboxylic acids is 2. The summed E-state index contributed by atoms with van der Waals surface area (Å²) in [6, 6.07) is 15.3. The highest BCUT2D eigenvalue weighted by atomic mass is 35.5. The molecule has 2 aromatic rings. The number of carbonyl (C=O) groups is 2. The Balaban J connectivity index is 2.21. The predicted octanol–water partition coefficient (Wildman–Crippen LogP) is 4.45. The molecule has 6 heteroatoms. The van der Waals surface area contributed by atoms with Gasteiger partial charge in [-0.2, -0.15) is 5.26 Å². The van der Waals surface area contributed by atoms with Crippen LogP contribution in [0.25, 0.3) is 6.08 Å². The van der Waals surface area contributed by atoms with Crippen LogP contribution in [-0.2, 0) is 9.53 Å². The van der Waals surface area contributed by atoms with Crippen molar-refractivity contribution in [3.63, 3.8) is 0 Å². The predicted molar refractivity (Wildman–Crippen MR) is 101 cm³/mol. The minimum atomic E-state index is -0.687. The van der Waals surface area contributed by atoms with Crippen LogP contribution in [0.3, 0.4) is 0 Å². The molecule has 1 N–H and O–H groups in total. The fraction of sp³-hybridized carbons (Fsp3) is 0.150. The summed E-state index contributed by atoms with van der Waals surface area (Å²) in [4.78, 5) is 24.2. The lowest BCUT2D eigenvalue weighted by Gasteiger charge is -2.08. The standard InChI is InChI=1S/C20H17ClN2O3/c1-13(2)26-20(25)15(12-22)10-14-6-5-7-16(11-14)23-19(24)17-8-3-4-9-18(17)21/h3-11,13H,1-2H3,(H,23,24)/b15-10+. The van der Waals surface area contributed by atoms with Gasteiger partial charge in [-0.25, -0.2) is 4.79 Å². The summed E-state index contributed by atoms with van der Waals surface area (Å²) in [5.41, 5.74) is 1.33. The van der Waals surface area contributed by atoms with Crippen LogP contribution in [0, 0.1) is 11.3 Å². The first-order valence-corrected chi connectivity index (χ1v) is 8.27. The van der Waals surface area contributed by atoms with Crippen molar-refractivity contribution in [3.05, 3.63) is 70.3 Å². The minimum absolute atomic E-state index is 0.117. The van der Waals surface area contributed by atoms with Gasteiger partial charge in [0, 0.05) is 5.69 Å². The maximum atomic E-state index is 12.3. The van der Waals surface area contributed by atoms with E-state index in [2.05, 4.69) is 5.32 Å². The summed E-state index contributed by atoms with van der Waals surface area (Å²) >= 11 is 6.02. The Hall–Kier alpha value is -3.10. The molecule has 26 heavy (non-hydrogen) atoms. The fourth-order valence-corrected chi connectivity index (χ4v) is 2.35. The highest BCUT2D eigenvalue weighted by Gasteiger charge is 2.13. The number of hydrogen-bond donors (Lipinski definition) is 1. The van der Waals surface area contributed by atoms with Crippen molar-refractivity contribution < 1.29 is 14.3 Å². The summed E-state index contributed by atoms with van der Waals surface area (Å²) < 4.78 is 5.03. The Bertz CT molecular complexity index is 898. The van der Waals surface area contributed by atoms with Crippen molar-refractivity contribution in [3.8, 4) is 6.07 Å². The maximum Gasteiger partial charge on any atom is 0.349 e. The number of nitrogens with one attached hydrogen (secondary N) is 1. The molecule has 5 nitrogen and oxygen atoms in total. The molecular weight excluding hydrogens is 352 g/mol. The van der Waals surface area contributed by atoms with Gasteiger partial charge in [-0.15, -0.1) is 0 Å². The van der Waals surface area contributed by atoms with E-state index < -0.39 is 5.97 Å². The molecule has 2 rings (SSSR count). The topological polar surface area (TPSA) is 79.2 Å². The second kappa shape index (κ2) is 8.84. The second-order valence-electron chi connectivity index (χ2n) is 5.68. The zero-order chi connectivity index (χ0) is 19.1. The average molecular weight is 369 g/mol. The van der Waals surface area contributed by atoms with Crippen molar-refractivity contribution in [1.82, 2.24) is 0 Å². The Morgan fingerprint density at radius 1 is 1.19 bits per heavy atom. The summed E-state index contributed by atoms with van der Waals surface area (Å²) in [5.74, 6) is -1.04. The van der Waals surface area contributed by atoms with Crippen LogP contribution in [-0.4, -0.2) is 18.0 Å². The molecule has 0 spiro atoms. The van der Waals surface area contributed by atoms with Crippen LogP contribution in [0.15, 0.2) is 54.1 Å². The fourth-order valence-electron chi connectivity index (χ4n) is 2.13. The van der Waals surface area contributed by atoms with Gasteiger partial charge < -0.3 is 10.1 Å². The average Bonchev–Trinajstić information content (AvgIpc) is 2.59. The number of esters is 1. The molecule has 0 saturated carbocycles. The lowest BCUT2D eigenvalue weighted by atomic mass is 10.1. The van der Waals surface area contributed by atoms with Gasteiger partial charge >= 0.3 is 5.97 Å². The third kappa shape index (κ3) is 5.20. The van der Waals surface area contributed by atoms with Crippen molar-refractivity contribution >= 4 is 35.2 Å². The van der Waals surface area contributed by atoms with Crippen LogP contribution < -0.4 is 5.32 Å². The van der Waals surface area contributed by atoms with Gasteiger partial charge in [-0.1, -0.05) is 35.9 Å². The van der Waals surface area contributed by atoms with Gasteiger partial charge in [0.25, 0.3) is 5.91 Å². The largest absolute Gasteiger partial charge is 0.459 e. The highest BCUT2D eigenvalue weighted by molar-refractivity contribution is 6.34. The van der Waals surface area contributed by atoms with Crippen molar-refractivity contribution in [2.45, 2.75) is 20.0 Å². The smallest absolute Gasteiger partial charge is 0.349 e.